The molecule has 114 valence electrons. The Bertz CT molecular complexity index is 370. The Hall–Kier alpha value is -1.16. The number of carbonyl (C=O) groups excluding carboxylic acids is 1. The van der Waals surface area contributed by atoms with Gasteiger partial charge in [-0.15, -0.1) is 0 Å². The summed E-state index contributed by atoms with van der Waals surface area (Å²) in [4.78, 5) is 13.6. The molecule has 0 N–H and O–H groups in total. The van der Waals surface area contributed by atoms with Crippen molar-refractivity contribution in [1.82, 2.24) is 4.90 Å². The van der Waals surface area contributed by atoms with Crippen LogP contribution in [0.4, 0.5) is 0 Å². The Morgan fingerprint density at radius 2 is 1.95 bits per heavy atom. The van der Waals surface area contributed by atoms with Gasteiger partial charge in [-0.05, 0) is 34.9 Å². The zero-order chi connectivity index (χ0) is 15.3. The molecule has 0 spiro atoms. The molecule has 1 unspecified atom stereocenters. The number of nitriles is 1. The molecule has 1 rings (SSSR count). The van der Waals surface area contributed by atoms with Crippen molar-refractivity contribution in [2.24, 2.45) is 0 Å². The minimum atomic E-state index is -0.533. The fourth-order valence-corrected chi connectivity index (χ4v) is 1.94. The Balaban J connectivity index is 2.59. The van der Waals surface area contributed by atoms with Crippen LogP contribution in [-0.2, 0) is 19.0 Å². The van der Waals surface area contributed by atoms with Gasteiger partial charge in [-0.2, -0.15) is 5.26 Å². The maximum atomic E-state index is 11.8. The summed E-state index contributed by atoms with van der Waals surface area (Å²) in [7, 11) is 3.65. The summed E-state index contributed by atoms with van der Waals surface area (Å²) in [5, 5.41) is 8.79. The Morgan fingerprint density at radius 3 is 2.45 bits per heavy atom. The SMILES string of the molecule is CN(C)C1O[C@H](CC#N)C[C@H](CC(=O)OC(C)(C)C)O1. The third-order valence-corrected chi connectivity index (χ3v) is 2.70. The highest BCUT2D eigenvalue weighted by molar-refractivity contribution is 5.70. The van der Waals surface area contributed by atoms with Gasteiger partial charge in [-0.25, -0.2) is 0 Å². The van der Waals surface area contributed by atoms with Gasteiger partial charge in [0.1, 0.15) is 5.60 Å². The Morgan fingerprint density at radius 1 is 1.35 bits per heavy atom. The molecule has 1 saturated heterocycles. The third-order valence-electron chi connectivity index (χ3n) is 2.70. The predicted octanol–water partition coefficient (Wildman–Crippen LogP) is 1.65. The highest BCUT2D eigenvalue weighted by Crippen LogP contribution is 2.24. The molecule has 1 aliphatic rings. The lowest BCUT2D eigenvalue weighted by Crippen LogP contribution is -2.46. The molecule has 1 aliphatic heterocycles. The molecule has 1 fully saturated rings. The van der Waals surface area contributed by atoms with Crippen molar-refractivity contribution in [2.45, 2.75) is 64.3 Å². The van der Waals surface area contributed by atoms with Crippen molar-refractivity contribution >= 4 is 5.97 Å². The standard InChI is InChI=1S/C14H24N2O4/c1-14(2,3)20-12(17)9-11-8-10(6-7-15)18-13(19-11)16(4)5/h10-11,13H,6,8-9H2,1-5H3/t10-,11-,13?/m1/s1. The number of rotatable bonds is 4. The minimum absolute atomic E-state index is 0.174. The molecule has 0 saturated carbocycles. The monoisotopic (exact) mass is 284 g/mol. The average molecular weight is 284 g/mol. The van der Waals surface area contributed by atoms with E-state index in [1.165, 1.54) is 0 Å². The summed E-state index contributed by atoms with van der Waals surface area (Å²) in [6.07, 6.45) is -0.0461. The van der Waals surface area contributed by atoms with Gasteiger partial charge in [-0.1, -0.05) is 0 Å². The van der Waals surface area contributed by atoms with E-state index in [0.717, 1.165) is 0 Å². The molecule has 1 heterocycles. The zero-order valence-electron chi connectivity index (χ0n) is 12.9. The van der Waals surface area contributed by atoms with E-state index in [9.17, 15) is 4.79 Å². The minimum Gasteiger partial charge on any atom is -0.460 e. The second kappa shape index (κ2) is 7.02. The van der Waals surface area contributed by atoms with E-state index >= 15 is 0 Å². The van der Waals surface area contributed by atoms with Gasteiger partial charge in [0, 0.05) is 6.42 Å². The van der Waals surface area contributed by atoms with Gasteiger partial charge >= 0.3 is 5.97 Å². The van der Waals surface area contributed by atoms with Crippen molar-refractivity contribution in [3.8, 4) is 6.07 Å². The van der Waals surface area contributed by atoms with E-state index in [1.807, 2.05) is 34.9 Å². The zero-order valence-corrected chi connectivity index (χ0v) is 12.9. The maximum Gasteiger partial charge on any atom is 0.308 e. The molecular weight excluding hydrogens is 260 g/mol. The number of nitrogens with zero attached hydrogens (tertiary/aromatic N) is 2. The summed E-state index contributed by atoms with van der Waals surface area (Å²) < 4.78 is 16.6. The van der Waals surface area contributed by atoms with Gasteiger partial charge in [0.15, 0.2) is 0 Å². The lowest BCUT2D eigenvalue weighted by Gasteiger charge is -2.37. The average Bonchev–Trinajstić information content (AvgIpc) is 2.26. The van der Waals surface area contributed by atoms with Crippen LogP contribution in [0.15, 0.2) is 0 Å². The first-order chi connectivity index (χ1) is 9.21. The molecule has 0 aromatic carbocycles. The van der Waals surface area contributed by atoms with E-state index in [4.69, 9.17) is 19.5 Å². The van der Waals surface area contributed by atoms with Crippen LogP contribution in [-0.4, -0.2) is 49.2 Å². The topological polar surface area (TPSA) is 71.8 Å². The molecule has 6 heteroatoms. The fraction of sp³-hybridized carbons (Fsp3) is 0.857. The number of ether oxygens (including phenoxy) is 3. The van der Waals surface area contributed by atoms with Crippen molar-refractivity contribution in [3.05, 3.63) is 0 Å². The van der Waals surface area contributed by atoms with Gasteiger partial charge in [0.2, 0.25) is 6.41 Å². The maximum absolute atomic E-state index is 11.8. The molecule has 0 radical (unpaired) electrons. The quantitative estimate of drug-likeness (QED) is 0.731. The number of hydrogen-bond acceptors (Lipinski definition) is 6. The van der Waals surface area contributed by atoms with Gasteiger partial charge in [-0.3, -0.25) is 9.69 Å². The molecule has 0 aliphatic carbocycles. The fourth-order valence-electron chi connectivity index (χ4n) is 1.94. The lowest BCUT2D eigenvalue weighted by molar-refractivity contribution is -0.291. The predicted molar refractivity (Wildman–Crippen MR) is 72.5 cm³/mol. The molecule has 6 nitrogen and oxygen atoms in total. The van der Waals surface area contributed by atoms with Crippen LogP contribution in [0.3, 0.4) is 0 Å². The first kappa shape index (κ1) is 16.9. The molecule has 0 aromatic heterocycles. The van der Waals surface area contributed by atoms with E-state index in [2.05, 4.69) is 6.07 Å². The highest BCUT2D eigenvalue weighted by atomic mass is 16.7. The van der Waals surface area contributed by atoms with E-state index in [1.54, 1.807) is 4.90 Å². The summed E-state index contributed by atoms with van der Waals surface area (Å²) in [6.45, 7) is 5.49. The number of esters is 1. The molecule has 0 bridgehead atoms. The Kier molecular flexibility index (Phi) is 5.93. The molecule has 3 atom stereocenters. The summed E-state index contributed by atoms with van der Waals surface area (Å²) in [5.74, 6) is -0.294. The summed E-state index contributed by atoms with van der Waals surface area (Å²) in [6, 6.07) is 2.09. The van der Waals surface area contributed by atoms with Crippen molar-refractivity contribution in [3.63, 3.8) is 0 Å². The number of hydrogen-bond donors (Lipinski definition) is 0. The van der Waals surface area contributed by atoms with E-state index < -0.39 is 12.0 Å². The summed E-state index contributed by atoms with van der Waals surface area (Å²) >= 11 is 0. The summed E-state index contributed by atoms with van der Waals surface area (Å²) in [5.41, 5.74) is -0.505. The lowest BCUT2D eigenvalue weighted by atomic mass is 10.1. The third kappa shape index (κ3) is 5.87. The molecule has 0 aromatic rings. The van der Waals surface area contributed by atoms with Crippen molar-refractivity contribution in [1.29, 1.82) is 5.26 Å². The van der Waals surface area contributed by atoms with Crippen molar-refractivity contribution < 1.29 is 19.0 Å². The van der Waals surface area contributed by atoms with Crippen LogP contribution in [0.2, 0.25) is 0 Å². The van der Waals surface area contributed by atoms with Crippen molar-refractivity contribution in [2.75, 3.05) is 14.1 Å². The smallest absolute Gasteiger partial charge is 0.308 e. The van der Waals surface area contributed by atoms with Gasteiger partial charge in [0.05, 0.1) is 31.1 Å². The van der Waals surface area contributed by atoms with E-state index in [-0.39, 0.29) is 24.6 Å². The molecule has 0 amide bonds. The Labute approximate surface area is 120 Å². The van der Waals surface area contributed by atoms with Crippen LogP contribution in [0.5, 0.6) is 0 Å². The number of carbonyl (C=O) groups is 1. The first-order valence-corrected chi connectivity index (χ1v) is 6.77. The second-order valence-electron chi connectivity index (χ2n) is 6.18. The molecule has 20 heavy (non-hydrogen) atoms. The highest BCUT2D eigenvalue weighted by Gasteiger charge is 2.33. The van der Waals surface area contributed by atoms with Crippen LogP contribution in [0.1, 0.15) is 40.0 Å². The van der Waals surface area contributed by atoms with Gasteiger partial charge < -0.3 is 14.2 Å². The van der Waals surface area contributed by atoms with Crippen LogP contribution >= 0.6 is 0 Å². The van der Waals surface area contributed by atoms with E-state index in [0.29, 0.717) is 12.8 Å². The second-order valence-corrected chi connectivity index (χ2v) is 6.18. The van der Waals surface area contributed by atoms with Crippen LogP contribution in [0, 0.1) is 11.3 Å². The van der Waals surface area contributed by atoms with Gasteiger partial charge in [0.25, 0.3) is 0 Å². The van der Waals surface area contributed by atoms with Crippen LogP contribution in [0.25, 0.3) is 0 Å². The molecular formula is C14H24N2O4. The largest absolute Gasteiger partial charge is 0.460 e. The van der Waals surface area contributed by atoms with Crippen LogP contribution < -0.4 is 0 Å². The normalized spacial score (nSPS) is 27.1. The first-order valence-electron chi connectivity index (χ1n) is 6.77.